The molecule has 0 bridgehead atoms. The number of amides is 1. The van der Waals surface area contributed by atoms with Crippen molar-refractivity contribution >= 4 is 5.91 Å². The highest BCUT2D eigenvalue weighted by Gasteiger charge is 2.14. The fourth-order valence-electron chi connectivity index (χ4n) is 2.28. The molecule has 0 heterocycles. The van der Waals surface area contributed by atoms with Crippen molar-refractivity contribution in [1.82, 2.24) is 4.90 Å². The van der Waals surface area contributed by atoms with E-state index < -0.39 is 0 Å². The zero-order valence-electron chi connectivity index (χ0n) is 11.6. The highest BCUT2D eigenvalue weighted by Crippen LogP contribution is 2.28. The maximum atomic E-state index is 11.3. The van der Waals surface area contributed by atoms with Gasteiger partial charge in [0.1, 0.15) is 0 Å². The van der Waals surface area contributed by atoms with Crippen LogP contribution in [0.15, 0.2) is 23.3 Å². The second-order valence-electron chi connectivity index (χ2n) is 5.03. The molecule has 17 heavy (non-hydrogen) atoms. The number of allylic oxidation sites excluding steroid dienone is 3. The second-order valence-corrected chi connectivity index (χ2v) is 5.03. The maximum Gasteiger partial charge on any atom is 0.219 e. The van der Waals surface area contributed by atoms with Gasteiger partial charge in [0.25, 0.3) is 0 Å². The summed E-state index contributed by atoms with van der Waals surface area (Å²) in [5, 5.41) is 0. The lowest BCUT2D eigenvalue weighted by molar-refractivity contribution is -0.128. The van der Waals surface area contributed by atoms with E-state index in [9.17, 15) is 4.79 Å². The minimum atomic E-state index is 0.163. The molecule has 0 N–H and O–H groups in total. The summed E-state index contributed by atoms with van der Waals surface area (Å²) in [5.41, 5.74) is 2.96. The molecule has 1 amide bonds. The molecule has 0 aromatic rings. The Kier molecular flexibility index (Phi) is 5.46. The van der Waals surface area contributed by atoms with Crippen LogP contribution in [0.3, 0.4) is 0 Å². The van der Waals surface area contributed by atoms with Gasteiger partial charge in [-0.25, -0.2) is 0 Å². The van der Waals surface area contributed by atoms with Crippen molar-refractivity contribution in [3.8, 4) is 0 Å². The van der Waals surface area contributed by atoms with E-state index in [0.29, 0.717) is 5.92 Å². The van der Waals surface area contributed by atoms with Crippen LogP contribution in [0.1, 0.15) is 47.0 Å². The Labute approximate surface area is 105 Å². The Bertz CT molecular complexity index is 328. The van der Waals surface area contributed by atoms with E-state index in [4.69, 9.17) is 0 Å². The molecule has 0 aromatic heterocycles. The van der Waals surface area contributed by atoms with Crippen LogP contribution in [0.2, 0.25) is 0 Å². The van der Waals surface area contributed by atoms with Crippen LogP contribution < -0.4 is 0 Å². The van der Waals surface area contributed by atoms with E-state index >= 15 is 0 Å². The topological polar surface area (TPSA) is 20.3 Å². The summed E-state index contributed by atoms with van der Waals surface area (Å²) in [6, 6.07) is 0. The molecule has 0 aromatic carbocycles. The van der Waals surface area contributed by atoms with Crippen LogP contribution >= 0.6 is 0 Å². The normalized spacial score (nSPS) is 21.1. The third-order valence-corrected chi connectivity index (χ3v) is 3.74. The quantitative estimate of drug-likeness (QED) is 0.682. The molecule has 1 unspecified atom stereocenters. The number of likely N-dealkylation sites (N-methyl/N-ethyl adjacent to an activating group) is 1. The lowest BCUT2D eigenvalue weighted by Crippen LogP contribution is -2.28. The van der Waals surface area contributed by atoms with Crippen molar-refractivity contribution in [3.05, 3.63) is 23.3 Å². The van der Waals surface area contributed by atoms with Crippen molar-refractivity contribution in [2.45, 2.75) is 47.0 Å². The first-order chi connectivity index (χ1) is 8.04. The lowest BCUT2D eigenvalue weighted by atomic mass is 9.85. The van der Waals surface area contributed by atoms with E-state index in [0.717, 1.165) is 13.1 Å². The molecule has 0 radical (unpaired) electrons. The summed E-state index contributed by atoms with van der Waals surface area (Å²) in [7, 11) is 0. The van der Waals surface area contributed by atoms with Gasteiger partial charge < -0.3 is 4.90 Å². The molecule has 1 atom stereocenters. The van der Waals surface area contributed by atoms with E-state index in [2.05, 4.69) is 26.0 Å². The number of hydrogen-bond donors (Lipinski definition) is 0. The van der Waals surface area contributed by atoms with Gasteiger partial charge in [0.2, 0.25) is 5.91 Å². The number of hydrogen-bond acceptors (Lipinski definition) is 1. The van der Waals surface area contributed by atoms with E-state index in [1.54, 1.807) is 6.92 Å². The maximum absolute atomic E-state index is 11.3. The van der Waals surface area contributed by atoms with Gasteiger partial charge in [0.05, 0.1) is 0 Å². The number of nitrogens with zero attached hydrogens (tertiary/aromatic N) is 1. The first kappa shape index (κ1) is 14.0. The molecular formula is C15H25NO. The average Bonchev–Trinajstić information content (AvgIpc) is 2.30. The Balaban J connectivity index is 2.52. The van der Waals surface area contributed by atoms with Crippen LogP contribution in [-0.4, -0.2) is 23.9 Å². The van der Waals surface area contributed by atoms with Crippen LogP contribution in [0.25, 0.3) is 0 Å². The molecule has 96 valence electrons. The van der Waals surface area contributed by atoms with Crippen molar-refractivity contribution < 1.29 is 4.79 Å². The zero-order chi connectivity index (χ0) is 12.8. The van der Waals surface area contributed by atoms with Crippen molar-refractivity contribution in [1.29, 1.82) is 0 Å². The zero-order valence-corrected chi connectivity index (χ0v) is 11.6. The third kappa shape index (κ3) is 4.37. The summed E-state index contributed by atoms with van der Waals surface area (Å²) in [6.45, 7) is 9.63. The van der Waals surface area contributed by atoms with Gasteiger partial charge in [-0.1, -0.05) is 23.3 Å². The van der Waals surface area contributed by atoms with E-state index in [1.807, 2.05) is 11.8 Å². The molecule has 1 aliphatic carbocycles. The molecule has 1 aliphatic rings. The first-order valence-electron chi connectivity index (χ1n) is 6.62. The predicted octanol–water partition coefficient (Wildman–Crippen LogP) is 3.55. The summed E-state index contributed by atoms with van der Waals surface area (Å²) in [5.74, 6) is 0.847. The molecule has 2 nitrogen and oxygen atoms in total. The Hall–Kier alpha value is -1.05. The molecule has 1 rings (SSSR count). The van der Waals surface area contributed by atoms with Gasteiger partial charge in [0, 0.05) is 20.0 Å². The van der Waals surface area contributed by atoms with Gasteiger partial charge in [-0.3, -0.25) is 4.79 Å². The summed E-state index contributed by atoms with van der Waals surface area (Å²) in [4.78, 5) is 13.2. The number of carbonyl (C=O) groups is 1. The van der Waals surface area contributed by atoms with Crippen LogP contribution in [0.5, 0.6) is 0 Å². The fourth-order valence-corrected chi connectivity index (χ4v) is 2.28. The molecule has 0 saturated heterocycles. The molecule has 2 heteroatoms. The van der Waals surface area contributed by atoms with Crippen LogP contribution in [-0.2, 0) is 4.79 Å². The van der Waals surface area contributed by atoms with Gasteiger partial charge in [0.15, 0.2) is 0 Å². The predicted molar refractivity (Wildman–Crippen MR) is 72.8 cm³/mol. The lowest BCUT2D eigenvalue weighted by Gasteiger charge is -2.23. The minimum Gasteiger partial charge on any atom is -0.339 e. The third-order valence-electron chi connectivity index (χ3n) is 3.74. The summed E-state index contributed by atoms with van der Waals surface area (Å²) in [6.07, 6.45) is 8.23. The first-order valence-corrected chi connectivity index (χ1v) is 6.62. The molecule has 0 spiro atoms. The molecular weight excluding hydrogens is 210 g/mol. The summed E-state index contributed by atoms with van der Waals surface area (Å²) >= 11 is 0. The van der Waals surface area contributed by atoms with Crippen molar-refractivity contribution in [3.63, 3.8) is 0 Å². The largest absolute Gasteiger partial charge is 0.339 e. The Morgan fingerprint density at radius 3 is 2.71 bits per heavy atom. The van der Waals surface area contributed by atoms with Crippen molar-refractivity contribution in [2.24, 2.45) is 5.92 Å². The monoisotopic (exact) mass is 235 g/mol. The average molecular weight is 235 g/mol. The number of rotatable bonds is 4. The summed E-state index contributed by atoms with van der Waals surface area (Å²) < 4.78 is 0. The van der Waals surface area contributed by atoms with Crippen LogP contribution in [0, 0.1) is 5.92 Å². The highest BCUT2D eigenvalue weighted by atomic mass is 16.2. The van der Waals surface area contributed by atoms with E-state index in [1.165, 1.54) is 30.4 Å². The highest BCUT2D eigenvalue weighted by molar-refractivity contribution is 5.73. The molecule has 0 aliphatic heterocycles. The minimum absolute atomic E-state index is 0.163. The van der Waals surface area contributed by atoms with Gasteiger partial charge in [-0.05, 0) is 46.0 Å². The molecule has 0 saturated carbocycles. The van der Waals surface area contributed by atoms with E-state index in [-0.39, 0.29) is 5.91 Å². The SMILES string of the molecule is CCN(C/C=C(\C)C1CC=C(C)CC1)C(C)=O. The fraction of sp³-hybridized carbons (Fsp3) is 0.667. The van der Waals surface area contributed by atoms with Gasteiger partial charge >= 0.3 is 0 Å². The second kappa shape index (κ2) is 6.63. The molecule has 0 fully saturated rings. The van der Waals surface area contributed by atoms with Gasteiger partial charge in [-0.2, -0.15) is 0 Å². The Morgan fingerprint density at radius 2 is 2.24 bits per heavy atom. The van der Waals surface area contributed by atoms with Gasteiger partial charge in [-0.15, -0.1) is 0 Å². The van der Waals surface area contributed by atoms with Crippen LogP contribution in [0.4, 0.5) is 0 Å². The Morgan fingerprint density at radius 1 is 1.53 bits per heavy atom. The standard InChI is InChI=1S/C15H25NO/c1-5-16(14(4)17)11-10-13(3)15-8-6-12(2)7-9-15/h6,10,15H,5,7-9,11H2,1-4H3/b13-10+. The van der Waals surface area contributed by atoms with Crippen molar-refractivity contribution in [2.75, 3.05) is 13.1 Å². The number of carbonyl (C=O) groups excluding carboxylic acids is 1. The smallest absolute Gasteiger partial charge is 0.219 e.